The van der Waals surface area contributed by atoms with Gasteiger partial charge in [-0.1, -0.05) is 42.5 Å². The minimum Gasteiger partial charge on any atom is -0.377 e. The molecule has 0 aliphatic carbocycles. The zero-order valence-electron chi connectivity index (χ0n) is 17.2. The molecule has 160 valence electrons. The van der Waals surface area contributed by atoms with E-state index in [0.29, 0.717) is 16.9 Å². The van der Waals surface area contributed by atoms with E-state index in [1.807, 2.05) is 36.4 Å². The highest BCUT2D eigenvalue weighted by Gasteiger charge is 2.45. The molecular weight excluding hydrogens is 420 g/mol. The Bertz CT molecular complexity index is 1680. The molecule has 5 aromatic rings. The lowest BCUT2D eigenvalue weighted by Gasteiger charge is -2.23. The number of nitro groups is 1. The number of aromatic nitrogens is 3. The van der Waals surface area contributed by atoms with Gasteiger partial charge in [-0.25, -0.2) is 4.98 Å². The van der Waals surface area contributed by atoms with Crippen LogP contribution < -0.4 is 5.56 Å². The van der Waals surface area contributed by atoms with Crippen LogP contribution in [0.3, 0.4) is 0 Å². The first-order chi connectivity index (χ1) is 16.0. The largest absolute Gasteiger partial charge is 0.377 e. The number of benzene rings is 3. The van der Waals surface area contributed by atoms with Crippen molar-refractivity contribution in [3.63, 3.8) is 0 Å². The van der Waals surface area contributed by atoms with Crippen LogP contribution in [0.4, 0.5) is 5.69 Å². The van der Waals surface area contributed by atoms with Crippen molar-refractivity contribution < 1.29 is 10.0 Å². The van der Waals surface area contributed by atoms with Crippen molar-refractivity contribution in [2.75, 3.05) is 0 Å². The zero-order valence-corrected chi connectivity index (χ0v) is 17.2. The highest BCUT2D eigenvalue weighted by Crippen LogP contribution is 2.41. The van der Waals surface area contributed by atoms with Gasteiger partial charge < -0.3 is 5.11 Å². The summed E-state index contributed by atoms with van der Waals surface area (Å²) in [6.45, 7) is 0. The minimum absolute atomic E-state index is 0.0850. The minimum atomic E-state index is -1.63. The number of nitro benzene ring substituents is 1. The Morgan fingerprint density at radius 2 is 1.73 bits per heavy atom. The molecule has 2 aromatic heterocycles. The number of rotatable bonds is 3. The Hall–Kier alpha value is -4.43. The summed E-state index contributed by atoms with van der Waals surface area (Å²) in [6, 6.07) is 22.5. The van der Waals surface area contributed by atoms with Crippen molar-refractivity contribution in [1.29, 1.82) is 0 Å². The van der Waals surface area contributed by atoms with Gasteiger partial charge in [0, 0.05) is 35.2 Å². The Morgan fingerprint density at radius 3 is 2.58 bits per heavy atom. The van der Waals surface area contributed by atoms with Gasteiger partial charge in [-0.05, 0) is 24.3 Å². The van der Waals surface area contributed by atoms with Gasteiger partial charge in [0.15, 0.2) is 11.4 Å². The van der Waals surface area contributed by atoms with E-state index >= 15 is 0 Å². The molecule has 0 saturated carbocycles. The van der Waals surface area contributed by atoms with Crippen LogP contribution >= 0.6 is 0 Å². The topological polar surface area (TPSA) is 111 Å². The fraction of sp³-hybridized carbons (Fsp3) is 0.0800. The number of fused-ring (bicyclic) bond motifs is 5. The summed E-state index contributed by atoms with van der Waals surface area (Å²) in [7, 11) is 0. The second-order valence-corrected chi connectivity index (χ2v) is 8.08. The van der Waals surface area contributed by atoms with Crippen molar-refractivity contribution in [3.8, 4) is 5.69 Å². The third-order valence-corrected chi connectivity index (χ3v) is 6.12. The standard InChI is InChI=1S/C25H16N4O4/c30-23-18-12-11-17(29(32)33)13-21(18)27-24-25(31,19-6-2-4-8-22(19)28(23)24)14-16-10-9-15-5-1-3-7-20(15)26-16/h1-13,31H,14H2. The summed E-state index contributed by atoms with van der Waals surface area (Å²) >= 11 is 0. The first-order valence-corrected chi connectivity index (χ1v) is 10.3. The fourth-order valence-electron chi connectivity index (χ4n) is 4.57. The van der Waals surface area contributed by atoms with Gasteiger partial charge in [0.05, 0.1) is 27.0 Å². The molecule has 0 spiro atoms. The third kappa shape index (κ3) is 2.78. The average Bonchev–Trinajstić information content (AvgIpc) is 3.07. The number of nitrogens with zero attached hydrogens (tertiary/aromatic N) is 4. The highest BCUT2D eigenvalue weighted by atomic mass is 16.6. The molecule has 0 saturated heterocycles. The van der Waals surface area contributed by atoms with Crippen LogP contribution in [0.15, 0.2) is 83.7 Å². The van der Waals surface area contributed by atoms with E-state index in [1.54, 1.807) is 24.3 Å². The van der Waals surface area contributed by atoms with Crippen LogP contribution in [0.25, 0.3) is 27.5 Å². The van der Waals surface area contributed by atoms with Gasteiger partial charge >= 0.3 is 0 Å². The molecule has 0 fully saturated rings. The van der Waals surface area contributed by atoms with Crippen LogP contribution in [0, 0.1) is 10.1 Å². The van der Waals surface area contributed by atoms with Crippen LogP contribution in [-0.4, -0.2) is 24.6 Å². The van der Waals surface area contributed by atoms with E-state index < -0.39 is 10.5 Å². The molecule has 6 rings (SSSR count). The number of hydrogen-bond donors (Lipinski definition) is 1. The molecule has 8 heteroatoms. The Morgan fingerprint density at radius 1 is 0.939 bits per heavy atom. The SMILES string of the molecule is O=c1c2ccc([N+](=O)[O-])cc2nc2n1-c1ccccc1C2(O)Cc1ccc2ccccc2n1. The molecule has 33 heavy (non-hydrogen) atoms. The maximum Gasteiger partial charge on any atom is 0.271 e. The summed E-state index contributed by atoms with van der Waals surface area (Å²) in [5, 5.41) is 24.5. The third-order valence-electron chi connectivity index (χ3n) is 6.12. The van der Waals surface area contributed by atoms with Gasteiger partial charge in [-0.3, -0.25) is 24.5 Å². The van der Waals surface area contributed by atoms with E-state index in [9.17, 15) is 20.0 Å². The maximum atomic E-state index is 13.4. The van der Waals surface area contributed by atoms with Gasteiger partial charge in [-0.2, -0.15) is 0 Å². The quantitative estimate of drug-likeness (QED) is 0.341. The van der Waals surface area contributed by atoms with E-state index in [-0.39, 0.29) is 34.4 Å². The molecule has 0 radical (unpaired) electrons. The van der Waals surface area contributed by atoms with Crippen molar-refractivity contribution >= 4 is 27.5 Å². The highest BCUT2D eigenvalue weighted by molar-refractivity contribution is 5.81. The summed E-state index contributed by atoms with van der Waals surface area (Å²) in [5.41, 5.74) is 0.469. The summed E-state index contributed by atoms with van der Waals surface area (Å²) in [4.78, 5) is 33.4. The molecule has 1 unspecified atom stereocenters. The normalized spacial score (nSPS) is 16.6. The molecule has 1 atom stereocenters. The van der Waals surface area contributed by atoms with E-state index in [4.69, 9.17) is 0 Å². The van der Waals surface area contributed by atoms with E-state index in [2.05, 4.69) is 9.97 Å². The predicted octanol–water partition coefficient (Wildman–Crippen LogP) is 3.63. The molecule has 8 nitrogen and oxygen atoms in total. The van der Waals surface area contributed by atoms with Gasteiger partial charge in [0.1, 0.15) is 0 Å². The molecule has 0 bridgehead atoms. The van der Waals surface area contributed by atoms with Crippen LogP contribution in [-0.2, 0) is 12.0 Å². The summed E-state index contributed by atoms with van der Waals surface area (Å²) in [6.07, 6.45) is 0.0850. The average molecular weight is 436 g/mol. The Balaban J connectivity index is 1.60. The van der Waals surface area contributed by atoms with Crippen LogP contribution in [0.2, 0.25) is 0 Å². The lowest BCUT2D eigenvalue weighted by atomic mass is 9.89. The smallest absolute Gasteiger partial charge is 0.271 e. The first-order valence-electron chi connectivity index (χ1n) is 10.3. The van der Waals surface area contributed by atoms with E-state index in [0.717, 1.165) is 10.9 Å². The zero-order chi connectivity index (χ0) is 22.7. The number of aliphatic hydroxyl groups is 1. The summed E-state index contributed by atoms with van der Waals surface area (Å²) < 4.78 is 1.39. The second kappa shape index (κ2) is 6.78. The number of para-hydroxylation sites is 2. The van der Waals surface area contributed by atoms with Crippen LogP contribution in [0.5, 0.6) is 0 Å². The van der Waals surface area contributed by atoms with Crippen molar-refractivity contribution in [2.24, 2.45) is 0 Å². The molecule has 3 heterocycles. The van der Waals surface area contributed by atoms with Crippen molar-refractivity contribution in [1.82, 2.24) is 14.5 Å². The monoisotopic (exact) mass is 436 g/mol. The number of non-ortho nitro benzene ring substituents is 1. The van der Waals surface area contributed by atoms with Crippen molar-refractivity contribution in [3.05, 3.63) is 116 Å². The predicted molar refractivity (Wildman–Crippen MR) is 122 cm³/mol. The lowest BCUT2D eigenvalue weighted by Crippen LogP contribution is -2.32. The van der Waals surface area contributed by atoms with Gasteiger partial charge in [0.2, 0.25) is 0 Å². The Kier molecular flexibility index (Phi) is 3.96. The molecule has 0 amide bonds. The Labute approximate surface area is 186 Å². The van der Waals surface area contributed by atoms with Gasteiger partial charge in [0.25, 0.3) is 11.2 Å². The van der Waals surface area contributed by atoms with Crippen LogP contribution in [0.1, 0.15) is 17.1 Å². The molecule has 1 aliphatic rings. The summed E-state index contributed by atoms with van der Waals surface area (Å²) in [5.74, 6) is 0.122. The van der Waals surface area contributed by atoms with Gasteiger partial charge in [-0.15, -0.1) is 0 Å². The number of hydrogen-bond acceptors (Lipinski definition) is 6. The number of pyridine rings is 1. The maximum absolute atomic E-state index is 13.4. The molecule has 3 aromatic carbocycles. The van der Waals surface area contributed by atoms with Crippen molar-refractivity contribution in [2.45, 2.75) is 12.0 Å². The molecular formula is C25H16N4O4. The molecule has 1 aliphatic heterocycles. The fourth-order valence-corrected chi connectivity index (χ4v) is 4.57. The molecule has 1 N–H and O–H groups in total. The first kappa shape index (κ1) is 19.3. The lowest BCUT2D eigenvalue weighted by molar-refractivity contribution is -0.384. The van der Waals surface area contributed by atoms with E-state index in [1.165, 1.54) is 22.8 Å². The second-order valence-electron chi connectivity index (χ2n) is 8.08.